The molecule has 0 N–H and O–H groups in total. The van der Waals surface area contributed by atoms with E-state index in [1.54, 1.807) is 0 Å². The maximum atomic E-state index is 14.3. The summed E-state index contributed by atoms with van der Waals surface area (Å²) < 4.78 is 42.3. The fourth-order valence-corrected chi connectivity index (χ4v) is 3.16. The van der Waals surface area contributed by atoms with E-state index >= 15 is 0 Å². The van der Waals surface area contributed by atoms with Crippen LogP contribution in [0.2, 0.25) is 0 Å². The summed E-state index contributed by atoms with van der Waals surface area (Å²) in [6, 6.07) is 2.64. The highest BCUT2D eigenvalue weighted by atomic mass is 32.2. The van der Waals surface area contributed by atoms with Crippen molar-refractivity contribution in [3.63, 3.8) is 0 Å². The molecule has 0 spiro atoms. The zero-order valence-electron chi connectivity index (χ0n) is 11.1. The summed E-state index contributed by atoms with van der Waals surface area (Å²) in [4.78, 5) is 13.9. The van der Waals surface area contributed by atoms with E-state index < -0.39 is 26.1 Å². The van der Waals surface area contributed by atoms with Crippen molar-refractivity contribution in [3.05, 3.63) is 23.5 Å². The topological polar surface area (TPSA) is 72.8 Å². The highest BCUT2D eigenvalue weighted by molar-refractivity contribution is 7.90. The Morgan fingerprint density at radius 3 is 2.45 bits per heavy atom. The fraction of sp³-hybridized carbons (Fsp3) is 0.462. The molecule has 1 aromatic rings. The van der Waals surface area contributed by atoms with Crippen LogP contribution < -0.4 is 4.74 Å². The molecule has 0 aliphatic heterocycles. The first-order valence-corrected chi connectivity index (χ1v) is 7.91. The monoisotopic (exact) mass is 299 g/mol. The second-order valence-electron chi connectivity index (χ2n) is 4.82. The van der Waals surface area contributed by atoms with Crippen LogP contribution in [0.3, 0.4) is 0 Å². The Kier molecular flexibility index (Phi) is 3.67. The van der Waals surface area contributed by atoms with Gasteiger partial charge in [-0.25, -0.2) is 17.6 Å². The molecule has 108 valence electrons. The zero-order valence-corrected chi connectivity index (χ0v) is 12.0. The Bertz CT molecular complexity index is 689. The van der Waals surface area contributed by atoms with Gasteiger partial charge in [-0.2, -0.15) is 4.99 Å². The number of nitrogens with zero attached hydrogens (tertiary/aromatic N) is 1. The highest BCUT2D eigenvalue weighted by Gasteiger charge is 2.42. The van der Waals surface area contributed by atoms with Crippen LogP contribution in [-0.4, -0.2) is 27.9 Å². The lowest BCUT2D eigenvalue weighted by molar-refractivity contribution is 0.242. The normalized spacial score (nSPS) is 16.9. The quantitative estimate of drug-likeness (QED) is 0.629. The van der Waals surface area contributed by atoms with Crippen LogP contribution in [0.5, 0.6) is 5.75 Å². The smallest absolute Gasteiger partial charge is 0.235 e. The molecule has 1 aliphatic rings. The minimum atomic E-state index is -3.69. The minimum Gasteiger partial charge on any atom is -0.493 e. The Morgan fingerprint density at radius 1 is 1.40 bits per heavy atom. The number of sulfone groups is 1. The predicted molar refractivity (Wildman–Crippen MR) is 69.7 cm³/mol. The van der Waals surface area contributed by atoms with Gasteiger partial charge in [-0.15, -0.1) is 0 Å². The van der Waals surface area contributed by atoms with E-state index in [2.05, 4.69) is 4.99 Å². The summed E-state index contributed by atoms with van der Waals surface area (Å²) in [6.07, 6.45) is 4.44. The van der Waals surface area contributed by atoms with E-state index in [1.165, 1.54) is 25.3 Å². The van der Waals surface area contributed by atoms with E-state index in [0.717, 1.165) is 12.7 Å². The first-order chi connectivity index (χ1) is 9.35. The van der Waals surface area contributed by atoms with E-state index in [0.29, 0.717) is 18.4 Å². The maximum Gasteiger partial charge on any atom is 0.235 e. The van der Waals surface area contributed by atoms with Crippen LogP contribution in [0.4, 0.5) is 4.39 Å². The molecule has 0 amide bonds. The largest absolute Gasteiger partial charge is 0.493 e. The molecular formula is C13H14FNO4S. The van der Waals surface area contributed by atoms with Gasteiger partial charge in [0.25, 0.3) is 0 Å². The summed E-state index contributed by atoms with van der Waals surface area (Å²) in [7, 11) is -2.44. The van der Waals surface area contributed by atoms with E-state index in [1.807, 2.05) is 0 Å². The van der Waals surface area contributed by atoms with Gasteiger partial charge in [0.05, 0.1) is 7.11 Å². The molecule has 0 heterocycles. The van der Waals surface area contributed by atoms with Gasteiger partial charge in [0.15, 0.2) is 21.4 Å². The number of carbonyl (C=O) groups excluding carboxylic acids is 1. The van der Waals surface area contributed by atoms with Gasteiger partial charge >= 0.3 is 0 Å². The summed E-state index contributed by atoms with van der Waals surface area (Å²) >= 11 is 0. The number of aliphatic imine (C=N–C) groups is 1. The molecule has 7 heteroatoms. The molecule has 1 fully saturated rings. The molecule has 0 bridgehead atoms. The summed E-state index contributed by atoms with van der Waals surface area (Å²) in [6.45, 7) is 0. The van der Waals surface area contributed by atoms with Gasteiger partial charge in [-0.05, 0) is 25.3 Å². The third-order valence-corrected chi connectivity index (χ3v) is 4.72. The molecule has 1 aromatic carbocycles. The van der Waals surface area contributed by atoms with Gasteiger partial charge in [0.1, 0.15) is 10.4 Å². The average molecular weight is 299 g/mol. The Hall–Kier alpha value is -1.72. The van der Waals surface area contributed by atoms with Crippen molar-refractivity contribution in [1.29, 1.82) is 0 Å². The van der Waals surface area contributed by atoms with E-state index in [4.69, 9.17) is 4.74 Å². The molecular weight excluding hydrogens is 285 g/mol. The second kappa shape index (κ2) is 5.00. The first-order valence-electron chi connectivity index (χ1n) is 6.02. The molecule has 2 rings (SSSR count). The number of hydrogen-bond donors (Lipinski definition) is 0. The zero-order chi connectivity index (χ0) is 15.0. The van der Waals surface area contributed by atoms with Crippen molar-refractivity contribution in [2.45, 2.75) is 29.7 Å². The summed E-state index contributed by atoms with van der Waals surface area (Å²) in [5.74, 6) is -1.12. The number of ether oxygens (including phenoxy) is 1. The van der Waals surface area contributed by atoms with E-state index in [9.17, 15) is 17.6 Å². The van der Waals surface area contributed by atoms with Crippen molar-refractivity contribution in [1.82, 2.24) is 0 Å². The highest BCUT2D eigenvalue weighted by Crippen LogP contribution is 2.49. The van der Waals surface area contributed by atoms with Crippen LogP contribution in [0.1, 0.15) is 24.8 Å². The fourth-order valence-electron chi connectivity index (χ4n) is 2.43. The van der Waals surface area contributed by atoms with Gasteiger partial charge in [0, 0.05) is 11.8 Å². The third kappa shape index (κ3) is 2.23. The van der Waals surface area contributed by atoms with Crippen LogP contribution in [0.25, 0.3) is 0 Å². The Labute approximate surface area is 116 Å². The molecule has 0 unspecified atom stereocenters. The number of hydrogen-bond acceptors (Lipinski definition) is 5. The van der Waals surface area contributed by atoms with Crippen LogP contribution in [0, 0.1) is 5.82 Å². The van der Waals surface area contributed by atoms with Crippen molar-refractivity contribution < 1.29 is 22.3 Å². The summed E-state index contributed by atoms with van der Waals surface area (Å²) in [5, 5.41) is 0. The Morgan fingerprint density at radius 2 is 2.05 bits per heavy atom. The molecule has 1 aliphatic carbocycles. The predicted octanol–water partition coefficient (Wildman–Crippen LogP) is 1.95. The second-order valence-corrected chi connectivity index (χ2v) is 6.80. The van der Waals surface area contributed by atoms with Gasteiger partial charge in [0.2, 0.25) is 6.08 Å². The van der Waals surface area contributed by atoms with E-state index in [-0.39, 0.29) is 5.75 Å². The number of halogens is 1. The number of rotatable bonds is 4. The molecule has 0 atom stereocenters. The Balaban J connectivity index is 2.68. The lowest BCUT2D eigenvalue weighted by Crippen LogP contribution is -2.32. The average Bonchev–Trinajstić information content (AvgIpc) is 2.32. The van der Waals surface area contributed by atoms with Crippen molar-refractivity contribution in [3.8, 4) is 5.75 Å². The van der Waals surface area contributed by atoms with Crippen molar-refractivity contribution >= 4 is 15.9 Å². The van der Waals surface area contributed by atoms with Crippen LogP contribution in [0.15, 0.2) is 22.0 Å². The summed E-state index contributed by atoms with van der Waals surface area (Å²) in [5.41, 5.74) is -0.455. The van der Waals surface area contributed by atoms with Gasteiger partial charge in [-0.3, -0.25) is 0 Å². The van der Waals surface area contributed by atoms with Crippen molar-refractivity contribution in [2.24, 2.45) is 4.99 Å². The molecule has 1 saturated carbocycles. The first kappa shape index (κ1) is 14.7. The van der Waals surface area contributed by atoms with Crippen LogP contribution in [-0.2, 0) is 20.2 Å². The SMILES string of the molecule is COc1c(C2(N=C=O)CCC2)ccc(S(C)(=O)=O)c1F. The van der Waals surface area contributed by atoms with Gasteiger partial charge in [-0.1, -0.05) is 6.07 Å². The van der Waals surface area contributed by atoms with Crippen molar-refractivity contribution in [2.75, 3.05) is 13.4 Å². The lowest BCUT2D eigenvalue weighted by Gasteiger charge is -2.38. The molecule has 0 radical (unpaired) electrons. The third-order valence-electron chi connectivity index (χ3n) is 3.61. The number of methoxy groups -OCH3 is 1. The number of isocyanates is 1. The van der Waals surface area contributed by atoms with Crippen LogP contribution >= 0.6 is 0 Å². The minimum absolute atomic E-state index is 0.174. The molecule has 0 saturated heterocycles. The maximum absolute atomic E-state index is 14.3. The molecule has 5 nitrogen and oxygen atoms in total. The lowest BCUT2D eigenvalue weighted by atomic mass is 9.72. The molecule has 0 aromatic heterocycles. The standard InChI is InChI=1S/C13H14FNO4S/c1-19-12-9(13(15-8-16)6-3-7-13)4-5-10(11(12)14)20(2,17)18/h4-5H,3,6-7H2,1-2H3. The number of benzene rings is 1. The van der Waals surface area contributed by atoms with Gasteiger partial charge < -0.3 is 4.74 Å². The molecule has 20 heavy (non-hydrogen) atoms.